The van der Waals surface area contributed by atoms with Gasteiger partial charge < -0.3 is 16.0 Å². The van der Waals surface area contributed by atoms with Crippen LogP contribution in [0.1, 0.15) is 0 Å². The molecule has 0 atom stereocenters. The Morgan fingerprint density at radius 2 is 2.00 bits per heavy atom. The molecule has 0 radical (unpaired) electrons. The van der Waals surface area contributed by atoms with E-state index < -0.39 is 0 Å². The van der Waals surface area contributed by atoms with Crippen LogP contribution in [0.2, 0.25) is 0 Å². The van der Waals surface area contributed by atoms with E-state index in [4.69, 9.17) is 5.73 Å². The van der Waals surface area contributed by atoms with Crippen molar-refractivity contribution in [3.8, 4) is 0 Å². The molecule has 1 aliphatic rings. The van der Waals surface area contributed by atoms with Gasteiger partial charge in [0.25, 0.3) is 0 Å². The highest BCUT2D eigenvalue weighted by Gasteiger charge is 2.12. The molecule has 14 heavy (non-hydrogen) atoms. The molecule has 1 aliphatic heterocycles. The fourth-order valence-electron chi connectivity index (χ4n) is 1.70. The van der Waals surface area contributed by atoms with Crippen LogP contribution in [0.3, 0.4) is 0 Å². The third kappa shape index (κ3) is 2.01. The van der Waals surface area contributed by atoms with Gasteiger partial charge in [-0.05, 0) is 18.2 Å². The first-order chi connectivity index (χ1) is 6.77. The van der Waals surface area contributed by atoms with Gasteiger partial charge in [-0.2, -0.15) is 0 Å². The standard InChI is InChI=1S/C10H14BrN3/c11-8-1-2-9(12)10(7-8)14-5-3-13-4-6-14/h1-2,7,13H,3-6,12H2. The second-order valence-electron chi connectivity index (χ2n) is 3.44. The van der Waals surface area contributed by atoms with Crippen LogP contribution in [-0.4, -0.2) is 26.2 Å². The first kappa shape index (κ1) is 9.80. The van der Waals surface area contributed by atoms with Gasteiger partial charge in [-0.25, -0.2) is 0 Å². The maximum absolute atomic E-state index is 5.94. The quantitative estimate of drug-likeness (QED) is 0.747. The Labute approximate surface area is 92.4 Å². The van der Waals surface area contributed by atoms with E-state index in [1.54, 1.807) is 0 Å². The highest BCUT2D eigenvalue weighted by molar-refractivity contribution is 9.10. The van der Waals surface area contributed by atoms with Gasteiger partial charge in [0, 0.05) is 30.7 Å². The van der Waals surface area contributed by atoms with E-state index in [0.717, 1.165) is 42.0 Å². The highest BCUT2D eigenvalue weighted by atomic mass is 79.9. The Hall–Kier alpha value is -0.740. The lowest BCUT2D eigenvalue weighted by Crippen LogP contribution is -2.43. The number of anilines is 2. The molecule has 3 nitrogen and oxygen atoms in total. The summed E-state index contributed by atoms with van der Waals surface area (Å²) in [6, 6.07) is 6.00. The van der Waals surface area contributed by atoms with E-state index in [2.05, 4.69) is 32.2 Å². The molecular formula is C10H14BrN3. The fourth-order valence-corrected chi connectivity index (χ4v) is 2.05. The zero-order chi connectivity index (χ0) is 9.97. The van der Waals surface area contributed by atoms with Crippen LogP contribution in [0.4, 0.5) is 11.4 Å². The first-order valence-corrected chi connectivity index (χ1v) is 5.57. The first-order valence-electron chi connectivity index (χ1n) is 4.78. The molecule has 0 unspecified atom stereocenters. The van der Waals surface area contributed by atoms with Gasteiger partial charge >= 0.3 is 0 Å². The molecule has 76 valence electrons. The number of piperazine rings is 1. The fraction of sp³-hybridized carbons (Fsp3) is 0.400. The summed E-state index contributed by atoms with van der Waals surface area (Å²) in [6.07, 6.45) is 0. The molecule has 0 saturated carbocycles. The smallest absolute Gasteiger partial charge is 0.0612 e. The summed E-state index contributed by atoms with van der Waals surface area (Å²) >= 11 is 3.47. The molecule has 0 spiro atoms. The van der Waals surface area contributed by atoms with Crippen molar-refractivity contribution in [1.29, 1.82) is 0 Å². The number of hydrogen-bond donors (Lipinski definition) is 2. The number of benzene rings is 1. The van der Waals surface area contributed by atoms with Gasteiger partial charge in [0.1, 0.15) is 0 Å². The molecular weight excluding hydrogens is 242 g/mol. The van der Waals surface area contributed by atoms with Gasteiger partial charge in [0.15, 0.2) is 0 Å². The Balaban J connectivity index is 2.24. The van der Waals surface area contributed by atoms with Crippen molar-refractivity contribution in [1.82, 2.24) is 5.32 Å². The molecule has 4 heteroatoms. The van der Waals surface area contributed by atoms with Crippen LogP contribution in [0.25, 0.3) is 0 Å². The zero-order valence-corrected chi connectivity index (χ0v) is 9.55. The number of nitrogens with zero attached hydrogens (tertiary/aromatic N) is 1. The maximum Gasteiger partial charge on any atom is 0.0612 e. The van der Waals surface area contributed by atoms with Crippen LogP contribution in [0.15, 0.2) is 22.7 Å². The summed E-state index contributed by atoms with van der Waals surface area (Å²) in [5.74, 6) is 0. The van der Waals surface area contributed by atoms with Crippen molar-refractivity contribution < 1.29 is 0 Å². The predicted molar refractivity (Wildman–Crippen MR) is 63.6 cm³/mol. The van der Waals surface area contributed by atoms with Crippen molar-refractivity contribution in [3.63, 3.8) is 0 Å². The molecule has 0 amide bonds. The number of nitrogens with one attached hydrogen (secondary N) is 1. The summed E-state index contributed by atoms with van der Waals surface area (Å²) < 4.78 is 1.08. The lowest BCUT2D eigenvalue weighted by molar-refractivity contribution is 0.589. The molecule has 1 saturated heterocycles. The van der Waals surface area contributed by atoms with E-state index in [1.165, 1.54) is 0 Å². The lowest BCUT2D eigenvalue weighted by atomic mass is 10.2. The van der Waals surface area contributed by atoms with E-state index in [9.17, 15) is 0 Å². The number of halogens is 1. The Kier molecular flexibility index (Phi) is 2.93. The van der Waals surface area contributed by atoms with Crippen LogP contribution in [0, 0.1) is 0 Å². The molecule has 1 fully saturated rings. The highest BCUT2D eigenvalue weighted by Crippen LogP contribution is 2.27. The van der Waals surface area contributed by atoms with E-state index in [-0.39, 0.29) is 0 Å². The molecule has 0 aromatic heterocycles. The average Bonchev–Trinajstić information content (AvgIpc) is 2.23. The van der Waals surface area contributed by atoms with Crippen LogP contribution < -0.4 is 16.0 Å². The third-order valence-electron chi connectivity index (χ3n) is 2.45. The van der Waals surface area contributed by atoms with Crippen molar-refractivity contribution >= 4 is 27.3 Å². The van der Waals surface area contributed by atoms with Crippen molar-refractivity contribution in [2.75, 3.05) is 36.8 Å². The van der Waals surface area contributed by atoms with Gasteiger partial charge in [-0.15, -0.1) is 0 Å². The molecule has 3 N–H and O–H groups in total. The third-order valence-corrected chi connectivity index (χ3v) is 2.94. The largest absolute Gasteiger partial charge is 0.397 e. The second-order valence-corrected chi connectivity index (χ2v) is 4.36. The molecule has 1 aromatic carbocycles. The summed E-state index contributed by atoms with van der Waals surface area (Å²) in [7, 11) is 0. The van der Waals surface area contributed by atoms with E-state index >= 15 is 0 Å². The number of nitrogen functional groups attached to an aromatic ring is 1. The molecule has 0 aliphatic carbocycles. The van der Waals surface area contributed by atoms with Crippen molar-refractivity contribution in [2.24, 2.45) is 0 Å². The number of nitrogens with two attached hydrogens (primary N) is 1. The summed E-state index contributed by atoms with van der Waals surface area (Å²) in [6.45, 7) is 4.12. The summed E-state index contributed by atoms with van der Waals surface area (Å²) in [5.41, 5.74) is 7.93. The van der Waals surface area contributed by atoms with Crippen LogP contribution in [0.5, 0.6) is 0 Å². The number of hydrogen-bond acceptors (Lipinski definition) is 3. The average molecular weight is 256 g/mol. The van der Waals surface area contributed by atoms with Gasteiger partial charge in [-0.1, -0.05) is 15.9 Å². The zero-order valence-electron chi connectivity index (χ0n) is 7.96. The molecule has 0 bridgehead atoms. The van der Waals surface area contributed by atoms with E-state index in [0.29, 0.717) is 0 Å². The number of rotatable bonds is 1. The Morgan fingerprint density at radius 3 is 2.71 bits per heavy atom. The summed E-state index contributed by atoms with van der Waals surface area (Å²) in [5, 5.41) is 3.32. The predicted octanol–water partition coefficient (Wildman–Crippen LogP) is 1.44. The lowest BCUT2D eigenvalue weighted by Gasteiger charge is -2.30. The SMILES string of the molecule is Nc1ccc(Br)cc1N1CCNCC1. The molecule has 1 aromatic rings. The minimum atomic E-state index is 0.857. The van der Waals surface area contributed by atoms with Gasteiger partial charge in [-0.3, -0.25) is 0 Å². The van der Waals surface area contributed by atoms with E-state index in [1.807, 2.05) is 12.1 Å². The minimum absolute atomic E-state index is 0.857. The topological polar surface area (TPSA) is 41.3 Å². The van der Waals surface area contributed by atoms with Crippen molar-refractivity contribution in [3.05, 3.63) is 22.7 Å². The molecule has 1 heterocycles. The molecule has 2 rings (SSSR count). The van der Waals surface area contributed by atoms with Crippen molar-refractivity contribution in [2.45, 2.75) is 0 Å². The van der Waals surface area contributed by atoms with Crippen LogP contribution in [-0.2, 0) is 0 Å². The normalized spacial score (nSPS) is 17.1. The monoisotopic (exact) mass is 255 g/mol. The van der Waals surface area contributed by atoms with Gasteiger partial charge in [0.05, 0.1) is 11.4 Å². The maximum atomic E-state index is 5.94. The Bertz CT molecular complexity index is 321. The Morgan fingerprint density at radius 1 is 1.29 bits per heavy atom. The van der Waals surface area contributed by atoms with Crippen LogP contribution >= 0.6 is 15.9 Å². The minimum Gasteiger partial charge on any atom is -0.397 e. The van der Waals surface area contributed by atoms with Gasteiger partial charge in [0.2, 0.25) is 0 Å². The second kappa shape index (κ2) is 4.19. The summed E-state index contributed by atoms with van der Waals surface area (Å²) in [4.78, 5) is 2.32.